The van der Waals surface area contributed by atoms with Crippen LogP contribution in [-0.2, 0) is 0 Å². The van der Waals surface area contributed by atoms with Gasteiger partial charge in [-0.3, -0.25) is 0 Å². The Morgan fingerprint density at radius 3 is 2.45 bits per heavy atom. The van der Waals surface area contributed by atoms with E-state index in [1.807, 2.05) is 0 Å². The van der Waals surface area contributed by atoms with Gasteiger partial charge in [-0.2, -0.15) is 4.98 Å². The first-order chi connectivity index (χ1) is 5.11. The largest absolute Gasteiger partial charge is 0.384 e. The fourth-order valence-electron chi connectivity index (χ4n) is 0.578. The van der Waals surface area contributed by atoms with Gasteiger partial charge in [-0.25, -0.2) is 0 Å². The molecule has 1 N–H and O–H groups in total. The molecule has 0 aromatic carbocycles. The summed E-state index contributed by atoms with van der Waals surface area (Å²) in [5, 5.41) is 12.6. The van der Waals surface area contributed by atoms with E-state index in [-0.39, 0.29) is 5.89 Å². The van der Waals surface area contributed by atoms with E-state index in [2.05, 4.69) is 10.1 Å². The molecule has 1 heterocycles. The van der Waals surface area contributed by atoms with Gasteiger partial charge in [-0.15, -0.1) is 0 Å². The maximum Gasteiger partial charge on any atom is 0.265 e. The molecule has 0 saturated heterocycles. The molecule has 0 bridgehead atoms. The van der Waals surface area contributed by atoms with Crippen LogP contribution < -0.4 is 4.90 Å². The van der Waals surface area contributed by atoms with Crippen LogP contribution in [0.2, 0.25) is 0 Å². The van der Waals surface area contributed by atoms with Crippen molar-refractivity contribution in [3.8, 4) is 0 Å². The third-order valence-corrected chi connectivity index (χ3v) is 1.19. The molecule has 0 fully saturated rings. The zero-order chi connectivity index (χ0) is 8.43. The molecule has 1 aromatic heterocycles. The third kappa shape index (κ3) is 1.68. The molecule has 1 rings (SSSR count). The molecule has 0 unspecified atom stereocenters. The van der Waals surface area contributed by atoms with Crippen molar-refractivity contribution in [3.05, 3.63) is 5.89 Å². The van der Waals surface area contributed by atoms with Crippen LogP contribution in [0.3, 0.4) is 0 Å². The van der Waals surface area contributed by atoms with Crippen LogP contribution in [0.25, 0.3) is 0 Å². The number of hydrogen-bond donors (Lipinski definition) is 1. The summed E-state index contributed by atoms with van der Waals surface area (Å²) < 4.78 is 4.73. The van der Waals surface area contributed by atoms with E-state index in [1.54, 1.807) is 25.9 Å². The monoisotopic (exact) mass is 157 g/mol. The molecule has 0 aliphatic heterocycles. The molecular formula is C6H11N3O2. The summed E-state index contributed by atoms with van der Waals surface area (Å²) in [7, 11) is 3.60. The zero-order valence-corrected chi connectivity index (χ0v) is 6.77. The Labute approximate surface area is 64.6 Å². The first-order valence-electron chi connectivity index (χ1n) is 3.30. The van der Waals surface area contributed by atoms with Crippen molar-refractivity contribution in [3.63, 3.8) is 0 Å². The number of aliphatic hydroxyl groups excluding tert-OH is 1. The molecular weight excluding hydrogens is 146 g/mol. The lowest BCUT2D eigenvalue weighted by atomic mass is 10.4. The van der Waals surface area contributed by atoms with Gasteiger partial charge in [0.15, 0.2) is 0 Å². The second kappa shape index (κ2) is 2.87. The highest BCUT2D eigenvalue weighted by molar-refractivity contribution is 5.23. The van der Waals surface area contributed by atoms with Gasteiger partial charge < -0.3 is 14.5 Å². The fraction of sp³-hybridized carbons (Fsp3) is 0.667. The lowest BCUT2D eigenvalue weighted by molar-refractivity contribution is 0.152. The summed E-state index contributed by atoms with van der Waals surface area (Å²) in [5.41, 5.74) is 0. The maximum atomic E-state index is 9.00. The predicted octanol–water partition coefficient (Wildman–Crippen LogP) is 0.189. The van der Waals surface area contributed by atoms with Crippen LogP contribution in [-0.4, -0.2) is 29.3 Å². The minimum Gasteiger partial charge on any atom is -0.384 e. The van der Waals surface area contributed by atoms with Crippen molar-refractivity contribution >= 4 is 5.95 Å². The van der Waals surface area contributed by atoms with E-state index >= 15 is 0 Å². The van der Waals surface area contributed by atoms with E-state index in [0.717, 1.165) is 0 Å². The van der Waals surface area contributed by atoms with Gasteiger partial charge in [-0.1, -0.05) is 0 Å². The topological polar surface area (TPSA) is 62.4 Å². The number of aromatic nitrogens is 2. The van der Waals surface area contributed by atoms with Gasteiger partial charge in [-0.05, 0) is 12.1 Å². The Morgan fingerprint density at radius 1 is 1.55 bits per heavy atom. The second-order valence-electron chi connectivity index (χ2n) is 2.50. The quantitative estimate of drug-likeness (QED) is 0.664. The number of hydrogen-bond acceptors (Lipinski definition) is 5. The Balaban J connectivity index is 2.82. The van der Waals surface area contributed by atoms with E-state index in [4.69, 9.17) is 9.63 Å². The van der Waals surface area contributed by atoms with E-state index < -0.39 is 6.10 Å². The van der Waals surface area contributed by atoms with E-state index in [9.17, 15) is 0 Å². The van der Waals surface area contributed by atoms with Crippen molar-refractivity contribution in [2.45, 2.75) is 13.0 Å². The molecule has 11 heavy (non-hydrogen) atoms. The third-order valence-electron chi connectivity index (χ3n) is 1.19. The minimum absolute atomic E-state index is 0.244. The van der Waals surface area contributed by atoms with Crippen molar-refractivity contribution < 1.29 is 9.63 Å². The summed E-state index contributed by atoms with van der Waals surface area (Å²) in [4.78, 5) is 5.61. The number of rotatable bonds is 2. The Kier molecular flexibility index (Phi) is 2.09. The van der Waals surface area contributed by atoms with E-state index in [0.29, 0.717) is 5.95 Å². The summed E-state index contributed by atoms with van der Waals surface area (Å²) in [6.07, 6.45) is -0.698. The Hall–Kier alpha value is -1.10. The zero-order valence-electron chi connectivity index (χ0n) is 6.77. The molecule has 0 aliphatic carbocycles. The smallest absolute Gasteiger partial charge is 0.265 e. The lowest BCUT2D eigenvalue weighted by Gasteiger charge is -2.02. The first-order valence-corrected chi connectivity index (χ1v) is 3.30. The van der Waals surface area contributed by atoms with Crippen molar-refractivity contribution in [1.82, 2.24) is 10.1 Å². The van der Waals surface area contributed by atoms with Gasteiger partial charge >= 0.3 is 0 Å². The number of anilines is 1. The molecule has 62 valence electrons. The number of aliphatic hydroxyl groups is 1. The average molecular weight is 157 g/mol. The average Bonchev–Trinajstić information content (AvgIpc) is 2.33. The van der Waals surface area contributed by atoms with Crippen LogP contribution >= 0.6 is 0 Å². The first kappa shape index (κ1) is 8.00. The normalized spacial score (nSPS) is 13.1. The molecule has 0 radical (unpaired) electrons. The second-order valence-corrected chi connectivity index (χ2v) is 2.50. The van der Waals surface area contributed by atoms with Crippen LogP contribution in [0, 0.1) is 0 Å². The molecule has 1 aromatic rings. The van der Waals surface area contributed by atoms with Gasteiger partial charge in [0, 0.05) is 14.1 Å². The fourth-order valence-corrected chi connectivity index (χ4v) is 0.578. The molecule has 5 heteroatoms. The molecule has 0 aliphatic rings. The van der Waals surface area contributed by atoms with Crippen molar-refractivity contribution in [1.29, 1.82) is 0 Å². The van der Waals surface area contributed by atoms with Crippen LogP contribution in [0.1, 0.15) is 18.9 Å². The van der Waals surface area contributed by atoms with Gasteiger partial charge in [0.2, 0.25) is 0 Å². The Bertz CT molecular complexity index is 209. The van der Waals surface area contributed by atoms with E-state index in [1.165, 1.54) is 0 Å². The highest BCUT2D eigenvalue weighted by atomic mass is 16.5. The minimum atomic E-state index is -0.698. The van der Waals surface area contributed by atoms with Crippen molar-refractivity contribution in [2.24, 2.45) is 0 Å². The maximum absolute atomic E-state index is 9.00. The van der Waals surface area contributed by atoms with Crippen LogP contribution in [0.15, 0.2) is 4.52 Å². The summed E-state index contributed by atoms with van der Waals surface area (Å²) >= 11 is 0. The highest BCUT2D eigenvalue weighted by Gasteiger charge is 2.11. The van der Waals surface area contributed by atoms with Crippen LogP contribution in [0.4, 0.5) is 5.95 Å². The van der Waals surface area contributed by atoms with Gasteiger partial charge in [0.05, 0.1) is 0 Å². The summed E-state index contributed by atoms with van der Waals surface area (Å²) in [5.74, 6) is 0.717. The summed E-state index contributed by atoms with van der Waals surface area (Å²) in [6, 6.07) is 0. The van der Waals surface area contributed by atoms with Gasteiger partial charge in [0.25, 0.3) is 11.8 Å². The standard InChI is InChI=1S/C6H11N3O2/c1-4(10)5-7-6(8-11-5)9(2)3/h4,10H,1-3H3/t4-/m0/s1. The predicted molar refractivity (Wildman–Crippen MR) is 39.3 cm³/mol. The molecule has 1 atom stereocenters. The molecule has 0 amide bonds. The van der Waals surface area contributed by atoms with Crippen molar-refractivity contribution in [2.75, 3.05) is 19.0 Å². The van der Waals surface area contributed by atoms with Gasteiger partial charge in [0.1, 0.15) is 6.10 Å². The number of nitrogens with zero attached hydrogens (tertiary/aromatic N) is 3. The van der Waals surface area contributed by atoms with Crippen LogP contribution in [0.5, 0.6) is 0 Å². The molecule has 5 nitrogen and oxygen atoms in total. The summed E-state index contributed by atoms with van der Waals surface area (Å²) in [6.45, 7) is 1.58. The SMILES string of the molecule is C[C@H](O)c1nc(N(C)C)no1. The Morgan fingerprint density at radius 2 is 2.18 bits per heavy atom. The highest BCUT2D eigenvalue weighted by Crippen LogP contribution is 2.11. The molecule has 0 saturated carbocycles. The lowest BCUT2D eigenvalue weighted by Crippen LogP contribution is -2.10. The molecule has 0 spiro atoms.